The fourth-order valence-corrected chi connectivity index (χ4v) is 4.37. The van der Waals surface area contributed by atoms with E-state index in [1.54, 1.807) is 0 Å². The molecule has 2 aliphatic rings. The number of aliphatic hydroxyl groups is 1. The fourth-order valence-electron chi connectivity index (χ4n) is 4.37. The predicted octanol–water partition coefficient (Wildman–Crippen LogP) is -1.37. The summed E-state index contributed by atoms with van der Waals surface area (Å²) in [5, 5.41) is 13.2. The van der Waals surface area contributed by atoms with Crippen LogP contribution in [0.25, 0.3) is 0 Å². The highest BCUT2D eigenvalue weighted by Gasteiger charge is 2.55. The first-order valence-electron chi connectivity index (χ1n) is 12.3. The number of hydrogen-bond donors (Lipinski definition) is 2. The summed E-state index contributed by atoms with van der Waals surface area (Å²) < 4.78 is 43.9. The first kappa shape index (κ1) is 32.9. The van der Waals surface area contributed by atoms with Crippen LogP contribution in [0.15, 0.2) is 0 Å². The van der Waals surface area contributed by atoms with Gasteiger partial charge < -0.3 is 48.3 Å². The minimum absolute atomic E-state index is 0.475. The molecule has 0 spiro atoms. The molecule has 40 heavy (non-hydrogen) atoms. The van der Waals surface area contributed by atoms with Gasteiger partial charge in [-0.2, -0.15) is 0 Å². The zero-order chi connectivity index (χ0) is 30.3. The van der Waals surface area contributed by atoms with Crippen molar-refractivity contribution >= 4 is 35.8 Å². The summed E-state index contributed by atoms with van der Waals surface area (Å²) in [5.74, 6) is -4.51. The minimum Gasteiger partial charge on any atom is -0.463 e. The van der Waals surface area contributed by atoms with Crippen LogP contribution in [-0.4, -0.2) is 109 Å². The van der Waals surface area contributed by atoms with Gasteiger partial charge in [-0.3, -0.25) is 28.8 Å². The largest absolute Gasteiger partial charge is 0.463 e. The summed E-state index contributed by atoms with van der Waals surface area (Å²) in [7, 11) is 0. The first-order chi connectivity index (χ1) is 18.6. The van der Waals surface area contributed by atoms with Gasteiger partial charge in [0.2, 0.25) is 5.91 Å². The zero-order valence-electron chi connectivity index (χ0n) is 23.1. The molecule has 226 valence electrons. The molecule has 16 nitrogen and oxygen atoms in total. The third kappa shape index (κ3) is 9.11. The molecule has 0 unspecified atom stereocenters. The molecule has 0 bridgehead atoms. The van der Waals surface area contributed by atoms with Gasteiger partial charge in [0, 0.05) is 41.5 Å². The number of aliphatic hydroxyl groups excluding tert-OH is 1. The van der Waals surface area contributed by atoms with Crippen LogP contribution in [0.5, 0.6) is 0 Å². The van der Waals surface area contributed by atoms with Crippen molar-refractivity contribution in [3.63, 3.8) is 0 Å². The molecule has 1 amide bonds. The maximum absolute atomic E-state index is 12.0. The van der Waals surface area contributed by atoms with E-state index in [1.807, 2.05) is 0 Å². The van der Waals surface area contributed by atoms with E-state index in [0.717, 1.165) is 41.5 Å². The molecule has 2 N–H and O–H groups in total. The van der Waals surface area contributed by atoms with E-state index in [-0.39, 0.29) is 0 Å². The standard InChI is InChI=1S/C24H35NO15/c1-9-18(35-12(4)28)21(37-14(6)30)22(38-15(7)31)24(34-9)40-20-17(25-10(2)26)23(32)39-16(8-33-11(3)27)19(20)36-13(5)29/h9,16-24,32H,8H2,1-7H3,(H,25,26)/t9-,16+,17+,18-,19-,20+,21+,22+,23-,24+/m1/s1. The Labute approximate surface area is 229 Å². The lowest BCUT2D eigenvalue weighted by atomic mass is 9.95. The summed E-state index contributed by atoms with van der Waals surface area (Å²) in [6.07, 6.45) is -12.7. The van der Waals surface area contributed by atoms with E-state index in [9.17, 15) is 33.9 Å². The van der Waals surface area contributed by atoms with E-state index in [2.05, 4.69) is 5.32 Å². The van der Waals surface area contributed by atoms with E-state index in [0.29, 0.717) is 0 Å². The van der Waals surface area contributed by atoms with Crippen LogP contribution in [0.1, 0.15) is 48.5 Å². The van der Waals surface area contributed by atoms with Crippen molar-refractivity contribution in [2.75, 3.05) is 6.61 Å². The zero-order valence-corrected chi connectivity index (χ0v) is 23.1. The Morgan fingerprint density at radius 2 is 1.18 bits per heavy atom. The lowest BCUT2D eigenvalue weighted by molar-refractivity contribution is -0.340. The molecular formula is C24H35NO15. The van der Waals surface area contributed by atoms with Gasteiger partial charge in [-0.1, -0.05) is 0 Å². The third-order valence-corrected chi connectivity index (χ3v) is 5.71. The Bertz CT molecular complexity index is 970. The SMILES string of the molecule is CC(=O)N[C@H]1[C@H](O[C@@H]2O[C@H](C)[C@@H](OC(C)=O)[C@H](OC(C)=O)[C@@H]2OC(C)=O)[C@H](OC(C)=O)[C@H](COC(C)=O)O[C@H]1O. The van der Waals surface area contributed by atoms with Gasteiger partial charge in [0.25, 0.3) is 0 Å². The number of hydrogen-bond acceptors (Lipinski definition) is 15. The van der Waals surface area contributed by atoms with Crippen molar-refractivity contribution in [3.8, 4) is 0 Å². The van der Waals surface area contributed by atoms with Crippen LogP contribution in [0.4, 0.5) is 0 Å². The maximum atomic E-state index is 12.0. The molecule has 16 heteroatoms. The van der Waals surface area contributed by atoms with Crippen molar-refractivity contribution in [2.45, 2.75) is 110 Å². The molecule has 2 rings (SSSR count). The average Bonchev–Trinajstić information content (AvgIpc) is 2.80. The molecule has 0 aliphatic carbocycles. The Balaban J connectivity index is 2.56. The van der Waals surface area contributed by atoms with Gasteiger partial charge >= 0.3 is 29.8 Å². The van der Waals surface area contributed by atoms with Crippen LogP contribution in [0, 0.1) is 0 Å². The van der Waals surface area contributed by atoms with Crippen molar-refractivity contribution in [1.29, 1.82) is 0 Å². The minimum atomic E-state index is -1.76. The van der Waals surface area contributed by atoms with Crippen LogP contribution < -0.4 is 5.32 Å². The quantitative estimate of drug-likeness (QED) is 0.239. The fraction of sp³-hybridized carbons (Fsp3) is 0.750. The van der Waals surface area contributed by atoms with Crippen molar-refractivity contribution in [2.24, 2.45) is 0 Å². The lowest BCUT2D eigenvalue weighted by Gasteiger charge is -2.48. The molecule has 0 aromatic carbocycles. The Morgan fingerprint density at radius 3 is 1.68 bits per heavy atom. The summed E-state index contributed by atoms with van der Waals surface area (Å²) in [4.78, 5) is 71.2. The van der Waals surface area contributed by atoms with E-state index in [4.69, 9.17) is 37.9 Å². The third-order valence-electron chi connectivity index (χ3n) is 5.71. The Hall–Kier alpha value is -3.34. The van der Waals surface area contributed by atoms with Gasteiger partial charge in [-0.25, -0.2) is 0 Å². The molecule has 0 aromatic heterocycles. The number of esters is 5. The van der Waals surface area contributed by atoms with Gasteiger partial charge in [0.1, 0.15) is 24.9 Å². The van der Waals surface area contributed by atoms with Crippen LogP contribution in [0.3, 0.4) is 0 Å². The second-order valence-electron chi connectivity index (χ2n) is 9.20. The highest BCUT2D eigenvalue weighted by atomic mass is 16.7. The van der Waals surface area contributed by atoms with E-state index < -0.39 is 104 Å². The molecule has 0 radical (unpaired) electrons. The first-order valence-corrected chi connectivity index (χ1v) is 12.3. The summed E-state index contributed by atoms with van der Waals surface area (Å²) in [6.45, 7) is 7.63. The molecule has 0 saturated carbocycles. The normalized spacial score (nSPS) is 33.6. The van der Waals surface area contributed by atoms with Gasteiger partial charge in [0.05, 0.1) is 6.10 Å². The molecule has 2 fully saturated rings. The molecule has 0 aromatic rings. The number of ether oxygens (including phenoxy) is 8. The highest BCUT2D eigenvalue weighted by molar-refractivity contribution is 5.73. The van der Waals surface area contributed by atoms with Crippen LogP contribution in [0.2, 0.25) is 0 Å². The van der Waals surface area contributed by atoms with E-state index in [1.165, 1.54) is 6.92 Å². The number of carbonyl (C=O) groups is 6. The average molecular weight is 578 g/mol. The molecule has 2 heterocycles. The van der Waals surface area contributed by atoms with Crippen LogP contribution >= 0.6 is 0 Å². The summed E-state index contributed by atoms with van der Waals surface area (Å²) in [6, 6.07) is -1.38. The highest BCUT2D eigenvalue weighted by Crippen LogP contribution is 2.33. The van der Waals surface area contributed by atoms with Gasteiger partial charge in [-0.15, -0.1) is 0 Å². The second-order valence-corrected chi connectivity index (χ2v) is 9.20. The maximum Gasteiger partial charge on any atom is 0.303 e. The topological polar surface area (TPSA) is 209 Å². The molecule has 2 saturated heterocycles. The van der Waals surface area contributed by atoms with Crippen LogP contribution in [-0.2, 0) is 66.7 Å². The number of carbonyl (C=O) groups excluding carboxylic acids is 6. The van der Waals surface area contributed by atoms with Crippen molar-refractivity contribution < 1.29 is 71.8 Å². The van der Waals surface area contributed by atoms with E-state index >= 15 is 0 Å². The Kier molecular flexibility index (Phi) is 11.8. The number of rotatable bonds is 9. The number of nitrogens with one attached hydrogen (secondary N) is 1. The summed E-state index contributed by atoms with van der Waals surface area (Å²) >= 11 is 0. The van der Waals surface area contributed by atoms with Crippen molar-refractivity contribution in [3.05, 3.63) is 0 Å². The van der Waals surface area contributed by atoms with Gasteiger partial charge in [0.15, 0.2) is 37.0 Å². The van der Waals surface area contributed by atoms with Gasteiger partial charge in [-0.05, 0) is 6.92 Å². The smallest absolute Gasteiger partial charge is 0.303 e. The molecular weight excluding hydrogens is 542 g/mol. The number of amides is 1. The predicted molar refractivity (Wildman–Crippen MR) is 127 cm³/mol. The Morgan fingerprint density at radius 1 is 0.675 bits per heavy atom. The van der Waals surface area contributed by atoms with Crippen molar-refractivity contribution in [1.82, 2.24) is 5.32 Å². The monoisotopic (exact) mass is 577 g/mol. The molecule has 2 aliphatic heterocycles. The molecule has 10 atom stereocenters. The second kappa shape index (κ2) is 14.3. The summed E-state index contributed by atoms with van der Waals surface area (Å²) in [5.41, 5.74) is 0. The lowest BCUT2D eigenvalue weighted by Crippen LogP contribution is -2.68.